The van der Waals surface area contributed by atoms with Crippen LogP contribution in [0, 0.1) is 5.82 Å². The maximum absolute atomic E-state index is 13.9. The van der Waals surface area contributed by atoms with Crippen LogP contribution < -0.4 is 10.0 Å². The van der Waals surface area contributed by atoms with Crippen molar-refractivity contribution in [2.75, 3.05) is 4.72 Å². The third-order valence-electron chi connectivity index (χ3n) is 6.17. The van der Waals surface area contributed by atoms with Crippen molar-refractivity contribution in [3.05, 3.63) is 110 Å². The molecule has 0 aliphatic heterocycles. The molecule has 3 aromatic heterocycles. The van der Waals surface area contributed by atoms with Gasteiger partial charge in [0.05, 0.1) is 42.1 Å². The van der Waals surface area contributed by atoms with Crippen molar-refractivity contribution in [3.8, 4) is 0 Å². The Morgan fingerprint density at radius 2 is 1.84 bits per heavy atom. The number of hydrogen-bond acceptors (Lipinski definition) is 9. The normalized spacial score (nSPS) is 12.1. The quantitative estimate of drug-likeness (QED) is 0.162. The number of esters is 1. The lowest BCUT2D eigenvalue weighted by molar-refractivity contribution is -0.147. The van der Waals surface area contributed by atoms with E-state index in [1.807, 2.05) is 0 Å². The van der Waals surface area contributed by atoms with Gasteiger partial charge in [0.15, 0.2) is 5.03 Å². The standard InChI is InChI=1S/C28H19BrCl2FN5O5S2/c29-19-8-15(3-4-22(19)32)9-24(28(39)42-14-16-2-1-6-33-12-16)36-26(38)17-10-20(30)21(31)11-23(17)37-44(40,41)27-18-13-35-43-25(18)5-7-34-27/h1-8,10-13,24,37H,9,14H2,(H,36,38). The molecule has 0 saturated heterocycles. The van der Waals surface area contributed by atoms with Crippen molar-refractivity contribution in [1.82, 2.24) is 19.7 Å². The van der Waals surface area contributed by atoms with E-state index in [2.05, 4.69) is 40.3 Å². The monoisotopic (exact) mass is 737 g/mol. The van der Waals surface area contributed by atoms with E-state index in [0.29, 0.717) is 15.8 Å². The van der Waals surface area contributed by atoms with Gasteiger partial charge in [0.25, 0.3) is 15.9 Å². The average molecular weight is 739 g/mol. The van der Waals surface area contributed by atoms with Crippen molar-refractivity contribution >= 4 is 88.3 Å². The molecule has 5 aromatic rings. The highest BCUT2D eigenvalue weighted by molar-refractivity contribution is 9.10. The molecule has 2 aromatic carbocycles. The number of aromatic nitrogens is 3. The molecule has 16 heteroatoms. The second kappa shape index (κ2) is 13.5. The minimum absolute atomic E-state index is 0.0344. The summed E-state index contributed by atoms with van der Waals surface area (Å²) in [5, 5.41) is 2.50. The SMILES string of the molecule is O=C(NC(Cc1ccc(F)c(Br)c1)C(=O)OCc1cccnc1)c1cc(Cl)c(Cl)cc1NS(=O)(=O)c1nccc2sncc12. The van der Waals surface area contributed by atoms with Crippen LogP contribution >= 0.6 is 50.7 Å². The molecule has 1 amide bonds. The second-order valence-corrected chi connectivity index (χ2v) is 13.3. The highest BCUT2D eigenvalue weighted by Crippen LogP contribution is 2.32. The van der Waals surface area contributed by atoms with Crippen LogP contribution in [0.15, 0.2) is 82.8 Å². The van der Waals surface area contributed by atoms with Gasteiger partial charge in [0, 0.05) is 30.6 Å². The van der Waals surface area contributed by atoms with Gasteiger partial charge in [0.2, 0.25) is 0 Å². The first kappa shape index (κ1) is 31.7. The van der Waals surface area contributed by atoms with E-state index in [4.69, 9.17) is 27.9 Å². The molecule has 1 atom stereocenters. The molecule has 0 aliphatic rings. The highest BCUT2D eigenvalue weighted by atomic mass is 79.9. The van der Waals surface area contributed by atoms with Gasteiger partial charge in [-0.3, -0.25) is 14.5 Å². The Morgan fingerprint density at radius 1 is 1.05 bits per heavy atom. The number of hydrogen-bond donors (Lipinski definition) is 2. The molecule has 1 unspecified atom stereocenters. The van der Waals surface area contributed by atoms with Gasteiger partial charge in [0.1, 0.15) is 18.5 Å². The van der Waals surface area contributed by atoms with Gasteiger partial charge in [-0.05, 0) is 69.4 Å². The molecular formula is C28H19BrCl2FN5O5S2. The molecule has 3 heterocycles. The largest absolute Gasteiger partial charge is 0.459 e. The molecule has 0 radical (unpaired) electrons. The number of fused-ring (bicyclic) bond motifs is 1. The first-order valence-electron chi connectivity index (χ1n) is 12.5. The summed E-state index contributed by atoms with van der Waals surface area (Å²) in [5.74, 6) is -2.18. The van der Waals surface area contributed by atoms with E-state index in [0.717, 1.165) is 11.5 Å². The maximum atomic E-state index is 13.9. The molecule has 0 saturated carbocycles. The lowest BCUT2D eigenvalue weighted by Crippen LogP contribution is -2.43. The molecule has 0 fully saturated rings. The summed E-state index contributed by atoms with van der Waals surface area (Å²) in [6, 6.07) is 10.2. The zero-order chi connectivity index (χ0) is 31.4. The van der Waals surface area contributed by atoms with Crippen LogP contribution in [-0.2, 0) is 32.6 Å². The first-order valence-corrected chi connectivity index (χ1v) is 16.3. The van der Waals surface area contributed by atoms with Gasteiger partial charge in [-0.25, -0.2) is 14.2 Å². The van der Waals surface area contributed by atoms with Crippen LogP contribution in [-0.4, -0.2) is 40.7 Å². The van der Waals surface area contributed by atoms with Crippen molar-refractivity contribution in [1.29, 1.82) is 0 Å². The minimum Gasteiger partial charge on any atom is -0.459 e. The third-order valence-corrected chi connectivity index (χ3v) is 9.58. The van der Waals surface area contributed by atoms with Crippen molar-refractivity contribution in [3.63, 3.8) is 0 Å². The van der Waals surface area contributed by atoms with E-state index in [9.17, 15) is 22.4 Å². The number of ether oxygens (including phenoxy) is 1. The van der Waals surface area contributed by atoms with E-state index < -0.39 is 33.8 Å². The number of halogens is 4. The van der Waals surface area contributed by atoms with Crippen molar-refractivity contribution in [2.24, 2.45) is 0 Å². The van der Waals surface area contributed by atoms with Gasteiger partial charge < -0.3 is 10.1 Å². The number of benzene rings is 2. The Hall–Kier alpha value is -3.69. The predicted molar refractivity (Wildman–Crippen MR) is 168 cm³/mol. The summed E-state index contributed by atoms with van der Waals surface area (Å²) in [4.78, 5) is 34.9. The number of sulfonamides is 1. The fourth-order valence-corrected chi connectivity index (χ4v) is 6.73. The zero-order valence-electron chi connectivity index (χ0n) is 22.1. The predicted octanol–water partition coefficient (Wildman–Crippen LogP) is 6.18. The minimum atomic E-state index is -4.35. The molecular weight excluding hydrogens is 720 g/mol. The van der Waals surface area contributed by atoms with Gasteiger partial charge in [-0.2, -0.15) is 12.8 Å². The van der Waals surface area contributed by atoms with Gasteiger partial charge in [-0.15, -0.1) is 0 Å². The summed E-state index contributed by atoms with van der Waals surface area (Å²) < 4.78 is 53.3. The molecule has 10 nitrogen and oxygen atoms in total. The van der Waals surface area contributed by atoms with Crippen LogP contribution in [0.1, 0.15) is 21.5 Å². The smallest absolute Gasteiger partial charge is 0.329 e. The highest BCUT2D eigenvalue weighted by Gasteiger charge is 2.28. The first-order chi connectivity index (χ1) is 21.0. The lowest BCUT2D eigenvalue weighted by atomic mass is 10.0. The Morgan fingerprint density at radius 3 is 2.59 bits per heavy atom. The van der Waals surface area contributed by atoms with Crippen molar-refractivity contribution in [2.45, 2.75) is 24.1 Å². The van der Waals surface area contributed by atoms with Gasteiger partial charge >= 0.3 is 5.97 Å². The molecule has 0 bridgehead atoms. The zero-order valence-corrected chi connectivity index (χ0v) is 26.9. The lowest BCUT2D eigenvalue weighted by Gasteiger charge is -2.20. The third kappa shape index (κ3) is 7.33. The second-order valence-electron chi connectivity index (χ2n) is 9.22. The fourth-order valence-electron chi connectivity index (χ4n) is 4.07. The van der Waals surface area contributed by atoms with Crippen LogP contribution in [0.25, 0.3) is 10.1 Å². The number of nitrogens with one attached hydrogen (secondary N) is 2. The summed E-state index contributed by atoms with van der Waals surface area (Å²) in [5.41, 5.74) is 0.663. The maximum Gasteiger partial charge on any atom is 0.329 e. The molecule has 226 valence electrons. The molecule has 44 heavy (non-hydrogen) atoms. The van der Waals surface area contributed by atoms with Crippen LogP contribution in [0.4, 0.5) is 10.1 Å². The van der Waals surface area contributed by atoms with Crippen LogP contribution in [0.2, 0.25) is 10.0 Å². The van der Waals surface area contributed by atoms with Gasteiger partial charge in [-0.1, -0.05) is 35.3 Å². The Kier molecular flexibility index (Phi) is 9.75. The molecule has 0 spiro atoms. The summed E-state index contributed by atoms with van der Waals surface area (Å²) in [7, 11) is -4.35. The number of pyridine rings is 2. The van der Waals surface area contributed by atoms with E-state index >= 15 is 0 Å². The molecule has 2 N–H and O–H groups in total. The van der Waals surface area contributed by atoms with E-state index in [-0.39, 0.29) is 49.2 Å². The number of anilines is 1. The van der Waals surface area contributed by atoms with E-state index in [1.54, 1.807) is 24.4 Å². The van der Waals surface area contributed by atoms with Crippen LogP contribution in [0.5, 0.6) is 0 Å². The van der Waals surface area contributed by atoms with Crippen LogP contribution in [0.3, 0.4) is 0 Å². The Bertz CT molecular complexity index is 1980. The topological polar surface area (TPSA) is 140 Å². The number of nitrogens with zero attached hydrogens (tertiary/aromatic N) is 3. The Labute approximate surface area is 272 Å². The fraction of sp³-hybridized carbons (Fsp3) is 0.107. The number of carbonyl (C=O) groups is 2. The summed E-state index contributed by atoms with van der Waals surface area (Å²) in [6.45, 7) is -0.125. The molecule has 5 rings (SSSR count). The summed E-state index contributed by atoms with van der Waals surface area (Å²) in [6.07, 6.45) is 5.70. The summed E-state index contributed by atoms with van der Waals surface area (Å²) >= 11 is 16.6. The number of carbonyl (C=O) groups excluding carboxylic acids is 2. The number of rotatable bonds is 10. The van der Waals surface area contributed by atoms with Crippen molar-refractivity contribution < 1.29 is 27.1 Å². The van der Waals surface area contributed by atoms with E-state index in [1.165, 1.54) is 48.9 Å². The molecule has 0 aliphatic carbocycles. The number of amides is 1. The average Bonchev–Trinajstić information content (AvgIpc) is 3.48. The Balaban J connectivity index is 1.45.